The number of hydrogen-bond acceptors (Lipinski definition) is 7. The quantitative estimate of drug-likeness (QED) is 0.318. The van der Waals surface area contributed by atoms with Gasteiger partial charge in [0.15, 0.2) is 0 Å². The van der Waals surface area contributed by atoms with Crippen molar-refractivity contribution in [1.29, 1.82) is 0 Å². The molecule has 3 aromatic rings. The van der Waals surface area contributed by atoms with Crippen LogP contribution in [0.1, 0.15) is 33.2 Å². The van der Waals surface area contributed by atoms with Crippen LogP contribution in [0.3, 0.4) is 0 Å². The van der Waals surface area contributed by atoms with E-state index < -0.39 is 35.7 Å². The number of imidazole rings is 1. The summed E-state index contributed by atoms with van der Waals surface area (Å²) in [7, 11) is 0. The van der Waals surface area contributed by atoms with Gasteiger partial charge in [0.1, 0.15) is 5.92 Å². The zero-order chi connectivity index (χ0) is 27.7. The molecular formula is C28H24N4O7. The summed E-state index contributed by atoms with van der Waals surface area (Å²) < 4.78 is 7.45. The van der Waals surface area contributed by atoms with Crippen LogP contribution in [-0.4, -0.2) is 79.9 Å². The fourth-order valence-electron chi connectivity index (χ4n) is 4.99. The standard InChI is InChI=1S/C28H24N4O7/c1-16-22(27(35)36)23(17-5-4-6-18(13-17)31-10-9-29-15-31)24(28(37)38)21(30-16)14-39-12-11-32-25(33)19-7-2-3-8-20(19)26(32)34/h2-10,13,15,21,24H,11-12,14H2,1H3,(H,35,36)(H,37,38). The van der Waals surface area contributed by atoms with Gasteiger partial charge in [0.2, 0.25) is 0 Å². The van der Waals surface area contributed by atoms with Crippen molar-refractivity contribution in [1.82, 2.24) is 14.5 Å². The molecule has 0 radical (unpaired) electrons. The first-order valence-corrected chi connectivity index (χ1v) is 12.1. The van der Waals surface area contributed by atoms with Crippen LogP contribution in [0.2, 0.25) is 0 Å². The highest BCUT2D eigenvalue weighted by molar-refractivity contribution is 6.25. The number of aliphatic carboxylic acids is 2. The number of rotatable bonds is 9. The van der Waals surface area contributed by atoms with E-state index in [9.17, 15) is 29.4 Å². The molecule has 2 atom stereocenters. The van der Waals surface area contributed by atoms with Gasteiger partial charge in [-0.2, -0.15) is 0 Å². The monoisotopic (exact) mass is 528 g/mol. The van der Waals surface area contributed by atoms with E-state index in [0.717, 1.165) is 4.90 Å². The normalized spacial score (nSPS) is 18.8. The number of carbonyl (C=O) groups excluding carboxylic acids is 2. The maximum atomic E-state index is 12.6. The fraction of sp³-hybridized carbons (Fsp3) is 0.214. The Labute approximate surface area is 222 Å². The minimum atomic E-state index is -1.31. The third kappa shape index (κ3) is 4.75. The van der Waals surface area contributed by atoms with E-state index >= 15 is 0 Å². The van der Waals surface area contributed by atoms with Crippen molar-refractivity contribution in [3.05, 3.63) is 89.5 Å². The predicted molar refractivity (Wildman–Crippen MR) is 139 cm³/mol. The fourth-order valence-corrected chi connectivity index (χ4v) is 4.99. The summed E-state index contributed by atoms with van der Waals surface area (Å²) in [5.74, 6) is -4.67. The minimum Gasteiger partial charge on any atom is -0.481 e. The summed E-state index contributed by atoms with van der Waals surface area (Å²) in [6.45, 7) is 1.31. The molecule has 0 saturated heterocycles. The minimum absolute atomic E-state index is 0.0183. The molecule has 39 heavy (non-hydrogen) atoms. The van der Waals surface area contributed by atoms with Crippen LogP contribution < -0.4 is 0 Å². The van der Waals surface area contributed by atoms with Crippen molar-refractivity contribution >= 4 is 35.0 Å². The molecule has 2 aromatic carbocycles. The Morgan fingerprint density at radius 1 is 1.03 bits per heavy atom. The lowest BCUT2D eigenvalue weighted by Crippen LogP contribution is -2.39. The molecule has 0 spiro atoms. The van der Waals surface area contributed by atoms with Gasteiger partial charge < -0.3 is 19.5 Å². The molecule has 2 N–H and O–H groups in total. The first-order valence-electron chi connectivity index (χ1n) is 12.1. The van der Waals surface area contributed by atoms with Gasteiger partial charge in [-0.1, -0.05) is 24.3 Å². The van der Waals surface area contributed by atoms with Gasteiger partial charge in [-0.25, -0.2) is 9.78 Å². The van der Waals surface area contributed by atoms with E-state index in [1.807, 2.05) is 0 Å². The highest BCUT2D eigenvalue weighted by Gasteiger charge is 2.40. The lowest BCUT2D eigenvalue weighted by Gasteiger charge is -2.30. The summed E-state index contributed by atoms with van der Waals surface area (Å²) in [6, 6.07) is 12.5. The number of amides is 2. The number of aliphatic imine (C=N–C) groups is 1. The van der Waals surface area contributed by atoms with Gasteiger partial charge >= 0.3 is 11.9 Å². The van der Waals surface area contributed by atoms with Crippen molar-refractivity contribution in [2.45, 2.75) is 13.0 Å². The van der Waals surface area contributed by atoms with Crippen molar-refractivity contribution < 1.29 is 34.1 Å². The summed E-state index contributed by atoms with van der Waals surface area (Å²) in [4.78, 5) is 59.4. The molecule has 3 heterocycles. The van der Waals surface area contributed by atoms with Gasteiger partial charge in [0.05, 0.1) is 48.8 Å². The van der Waals surface area contributed by atoms with Gasteiger partial charge in [0, 0.05) is 23.8 Å². The molecule has 11 nitrogen and oxygen atoms in total. The second-order valence-corrected chi connectivity index (χ2v) is 9.09. The smallest absolute Gasteiger partial charge is 0.337 e. The number of fused-ring (bicyclic) bond motifs is 1. The molecule has 2 amide bonds. The molecule has 2 unspecified atom stereocenters. The van der Waals surface area contributed by atoms with E-state index in [2.05, 4.69) is 9.98 Å². The van der Waals surface area contributed by atoms with E-state index in [1.54, 1.807) is 71.8 Å². The largest absolute Gasteiger partial charge is 0.481 e. The van der Waals surface area contributed by atoms with E-state index in [-0.39, 0.29) is 36.6 Å². The zero-order valence-electron chi connectivity index (χ0n) is 20.9. The lowest BCUT2D eigenvalue weighted by atomic mass is 9.80. The second kappa shape index (κ2) is 10.5. The number of benzene rings is 2. The third-order valence-electron chi connectivity index (χ3n) is 6.75. The van der Waals surface area contributed by atoms with Gasteiger partial charge in [-0.15, -0.1) is 0 Å². The molecule has 0 saturated carbocycles. The number of carbonyl (C=O) groups is 4. The topological polar surface area (TPSA) is 151 Å². The Morgan fingerprint density at radius 3 is 2.36 bits per heavy atom. The van der Waals surface area contributed by atoms with Crippen molar-refractivity contribution in [3.8, 4) is 5.69 Å². The molecule has 0 aliphatic carbocycles. The number of carboxylic acids is 2. The number of nitrogens with zero attached hydrogens (tertiary/aromatic N) is 4. The first kappa shape index (κ1) is 25.7. The summed E-state index contributed by atoms with van der Waals surface area (Å²) >= 11 is 0. The summed E-state index contributed by atoms with van der Waals surface area (Å²) in [6.07, 6.45) is 4.90. The van der Waals surface area contributed by atoms with E-state index in [0.29, 0.717) is 22.4 Å². The third-order valence-corrected chi connectivity index (χ3v) is 6.75. The van der Waals surface area contributed by atoms with Crippen LogP contribution >= 0.6 is 0 Å². The molecule has 5 rings (SSSR count). The first-order chi connectivity index (χ1) is 18.8. The highest BCUT2D eigenvalue weighted by atomic mass is 16.5. The van der Waals surface area contributed by atoms with Crippen LogP contribution in [0.4, 0.5) is 0 Å². The van der Waals surface area contributed by atoms with Crippen molar-refractivity contribution in [3.63, 3.8) is 0 Å². The number of dihydropyridines is 1. The Morgan fingerprint density at radius 2 is 1.74 bits per heavy atom. The number of ether oxygens (including phenoxy) is 1. The van der Waals surface area contributed by atoms with E-state index in [1.165, 1.54) is 6.92 Å². The summed E-state index contributed by atoms with van der Waals surface area (Å²) in [5.41, 5.74) is 1.89. The number of hydrogen-bond donors (Lipinski definition) is 2. The molecule has 0 bridgehead atoms. The maximum Gasteiger partial charge on any atom is 0.337 e. The lowest BCUT2D eigenvalue weighted by molar-refractivity contribution is -0.140. The Hall–Kier alpha value is -4.90. The number of imide groups is 1. The molecule has 11 heteroatoms. The SMILES string of the molecule is CC1=NC(COCCN2C(=O)c3ccccc3C2=O)C(C(=O)O)C(c2cccc(-n3ccnc3)c2)=C1C(=O)O. The Balaban J connectivity index is 1.37. The second-order valence-electron chi connectivity index (χ2n) is 9.09. The maximum absolute atomic E-state index is 12.6. The highest BCUT2D eigenvalue weighted by Crippen LogP contribution is 2.36. The molecule has 1 aromatic heterocycles. The van der Waals surface area contributed by atoms with Gasteiger partial charge in [-0.05, 0) is 42.3 Å². The van der Waals surface area contributed by atoms with Crippen molar-refractivity contribution in [2.24, 2.45) is 10.9 Å². The Kier molecular flexibility index (Phi) is 6.90. The van der Waals surface area contributed by atoms with Crippen molar-refractivity contribution in [2.75, 3.05) is 19.8 Å². The number of carboxylic acid groups (broad SMARTS) is 2. The average Bonchev–Trinajstić information content (AvgIpc) is 3.54. The molecular weight excluding hydrogens is 504 g/mol. The molecule has 0 fully saturated rings. The van der Waals surface area contributed by atoms with Crippen LogP contribution in [0.5, 0.6) is 0 Å². The van der Waals surface area contributed by atoms with Crippen LogP contribution in [0.25, 0.3) is 11.3 Å². The zero-order valence-corrected chi connectivity index (χ0v) is 20.9. The van der Waals surface area contributed by atoms with Gasteiger partial charge in [0.25, 0.3) is 11.8 Å². The molecule has 2 aliphatic heterocycles. The van der Waals surface area contributed by atoms with Gasteiger partial charge in [-0.3, -0.25) is 24.3 Å². The molecule has 198 valence electrons. The Bertz CT molecular complexity index is 1510. The van der Waals surface area contributed by atoms with E-state index in [4.69, 9.17) is 4.74 Å². The van der Waals surface area contributed by atoms with Crippen LogP contribution in [-0.2, 0) is 14.3 Å². The summed E-state index contributed by atoms with van der Waals surface area (Å²) in [5, 5.41) is 20.2. The molecule has 2 aliphatic rings. The van der Waals surface area contributed by atoms with Crippen LogP contribution in [0.15, 0.2) is 77.8 Å². The average molecular weight is 529 g/mol. The number of aromatic nitrogens is 2. The van der Waals surface area contributed by atoms with Crippen LogP contribution in [0, 0.1) is 5.92 Å². The predicted octanol–water partition coefficient (Wildman–Crippen LogP) is 2.57.